The zero-order valence-electron chi connectivity index (χ0n) is 19.3. The Hall–Kier alpha value is -4.55. The summed E-state index contributed by atoms with van der Waals surface area (Å²) in [5, 5.41) is 9.13. The highest BCUT2D eigenvalue weighted by atomic mass is 19.4. The van der Waals surface area contributed by atoms with Crippen LogP contribution in [0.3, 0.4) is 0 Å². The molecule has 0 aliphatic carbocycles. The van der Waals surface area contributed by atoms with E-state index in [0.717, 1.165) is 13.2 Å². The molecule has 0 aliphatic rings. The maximum atomic E-state index is 14.8. The van der Waals surface area contributed by atoms with Crippen LogP contribution in [0.15, 0.2) is 48.7 Å². The average Bonchev–Trinajstić information content (AvgIpc) is 3.22. The lowest BCUT2D eigenvalue weighted by atomic mass is 10.0. The lowest BCUT2D eigenvalue weighted by molar-refractivity contribution is -0.137. The van der Waals surface area contributed by atoms with Crippen molar-refractivity contribution in [2.24, 2.45) is 0 Å². The van der Waals surface area contributed by atoms with Crippen molar-refractivity contribution in [1.29, 1.82) is 0 Å². The number of carbonyl (C=O) groups is 2. The summed E-state index contributed by atoms with van der Waals surface area (Å²) in [7, 11) is 1.14. The van der Waals surface area contributed by atoms with Gasteiger partial charge < -0.3 is 15.4 Å². The van der Waals surface area contributed by atoms with Crippen molar-refractivity contribution in [1.82, 2.24) is 19.9 Å². The van der Waals surface area contributed by atoms with Gasteiger partial charge in [-0.3, -0.25) is 9.59 Å². The molecule has 2 aromatic carbocycles. The molecule has 0 bridgehead atoms. The second-order valence-electron chi connectivity index (χ2n) is 7.85. The van der Waals surface area contributed by atoms with E-state index in [-0.39, 0.29) is 28.5 Å². The largest absolute Gasteiger partial charge is 0.493 e. The van der Waals surface area contributed by atoms with Crippen LogP contribution < -0.4 is 15.4 Å². The van der Waals surface area contributed by atoms with E-state index in [4.69, 9.17) is 4.74 Å². The fraction of sp³-hybridized carbons (Fsp3) is 0.167. The quantitative estimate of drug-likeness (QED) is 0.363. The van der Waals surface area contributed by atoms with Crippen molar-refractivity contribution in [3.8, 4) is 17.0 Å². The molecule has 2 amide bonds. The first-order valence-electron chi connectivity index (χ1n) is 10.6. The maximum absolute atomic E-state index is 14.8. The minimum absolute atomic E-state index is 0.172. The number of alkyl halides is 3. The Labute approximate surface area is 206 Å². The van der Waals surface area contributed by atoms with Gasteiger partial charge in [-0.15, -0.1) is 0 Å². The third-order valence-electron chi connectivity index (χ3n) is 5.22. The van der Waals surface area contributed by atoms with E-state index in [9.17, 15) is 31.5 Å². The molecular formula is C24H18F5N5O3. The highest BCUT2D eigenvalue weighted by Gasteiger charge is 2.31. The number of nitrogens with one attached hydrogen (secondary N) is 2. The van der Waals surface area contributed by atoms with E-state index < -0.39 is 47.1 Å². The Morgan fingerprint density at radius 1 is 1.05 bits per heavy atom. The number of halogens is 5. The number of benzene rings is 2. The predicted molar refractivity (Wildman–Crippen MR) is 122 cm³/mol. The first kappa shape index (κ1) is 25.5. The summed E-state index contributed by atoms with van der Waals surface area (Å²) in [4.78, 5) is 28.3. The zero-order valence-corrected chi connectivity index (χ0v) is 19.3. The van der Waals surface area contributed by atoms with E-state index in [1.807, 2.05) is 0 Å². The lowest BCUT2D eigenvalue weighted by Gasteiger charge is -2.14. The third-order valence-corrected chi connectivity index (χ3v) is 5.22. The van der Waals surface area contributed by atoms with Gasteiger partial charge in [0, 0.05) is 24.6 Å². The summed E-state index contributed by atoms with van der Waals surface area (Å²) in [6, 6.07) is 7.27. The minimum atomic E-state index is -4.70. The highest BCUT2D eigenvalue weighted by Crippen LogP contribution is 2.31. The van der Waals surface area contributed by atoms with Gasteiger partial charge >= 0.3 is 6.18 Å². The number of carbonyl (C=O) groups excluding carboxylic acids is 2. The van der Waals surface area contributed by atoms with Crippen molar-refractivity contribution < 1.29 is 36.3 Å². The molecule has 4 rings (SSSR count). The molecule has 13 heteroatoms. The van der Waals surface area contributed by atoms with Gasteiger partial charge in [-0.2, -0.15) is 18.3 Å². The first-order valence-corrected chi connectivity index (χ1v) is 10.6. The first-order chi connectivity index (χ1) is 17.5. The molecule has 0 atom stereocenters. The van der Waals surface area contributed by atoms with Crippen molar-refractivity contribution >= 4 is 23.3 Å². The molecule has 192 valence electrons. The summed E-state index contributed by atoms with van der Waals surface area (Å²) < 4.78 is 74.2. The Kier molecular flexibility index (Phi) is 6.79. The topological polar surface area (TPSA) is 97.6 Å². The molecule has 2 aromatic heterocycles. The fourth-order valence-corrected chi connectivity index (χ4v) is 3.55. The average molecular weight is 519 g/mol. The molecule has 0 fully saturated rings. The summed E-state index contributed by atoms with van der Waals surface area (Å²) in [5.41, 5.74) is -0.963. The van der Waals surface area contributed by atoms with Crippen molar-refractivity contribution in [3.63, 3.8) is 0 Å². The summed E-state index contributed by atoms with van der Waals surface area (Å²) >= 11 is 0. The predicted octanol–water partition coefficient (Wildman–Crippen LogP) is 4.59. The number of hydrogen-bond donors (Lipinski definition) is 2. The number of methoxy groups -OCH3 is 1. The molecule has 4 aromatic rings. The normalized spacial score (nSPS) is 11.4. The molecule has 0 spiro atoms. The standard InChI is InChI=1S/C24H18F5N5O3/c1-12(35)31-20-11-34-21(32-20)6-5-19(33-34)13-8-16(22(37-2)18(26)9-13)23(36)30-10-14-7-15(24(27,28)29)3-4-17(14)25/h3-9,11H,10H2,1-2H3,(H,30,36)(H,31,35). The summed E-state index contributed by atoms with van der Waals surface area (Å²) in [6.45, 7) is 0.728. The van der Waals surface area contributed by atoms with E-state index in [2.05, 4.69) is 20.7 Å². The minimum Gasteiger partial charge on any atom is -0.493 e. The van der Waals surface area contributed by atoms with E-state index in [0.29, 0.717) is 23.8 Å². The second-order valence-corrected chi connectivity index (χ2v) is 7.85. The third kappa shape index (κ3) is 5.50. The number of aromatic nitrogens is 3. The number of hydrogen-bond acceptors (Lipinski definition) is 5. The van der Waals surface area contributed by atoms with Crippen LogP contribution in [-0.2, 0) is 17.5 Å². The molecule has 0 saturated carbocycles. The van der Waals surface area contributed by atoms with Gasteiger partial charge in [0.1, 0.15) is 5.82 Å². The van der Waals surface area contributed by atoms with Crippen LogP contribution in [0, 0.1) is 11.6 Å². The number of nitrogens with zero attached hydrogens (tertiary/aromatic N) is 3. The van der Waals surface area contributed by atoms with Crippen LogP contribution in [0.4, 0.5) is 27.8 Å². The second kappa shape index (κ2) is 9.84. The maximum Gasteiger partial charge on any atom is 0.416 e. The molecule has 37 heavy (non-hydrogen) atoms. The van der Waals surface area contributed by atoms with Gasteiger partial charge in [0.2, 0.25) is 5.91 Å². The number of imidazole rings is 1. The van der Waals surface area contributed by atoms with Gasteiger partial charge in [0.05, 0.1) is 30.1 Å². The molecule has 8 nitrogen and oxygen atoms in total. The van der Waals surface area contributed by atoms with Gasteiger partial charge in [-0.1, -0.05) is 0 Å². The van der Waals surface area contributed by atoms with E-state index in [1.165, 1.54) is 29.8 Å². The number of anilines is 1. The number of ether oxygens (including phenoxy) is 1. The van der Waals surface area contributed by atoms with E-state index >= 15 is 0 Å². The molecule has 0 saturated heterocycles. The number of fused-ring (bicyclic) bond motifs is 1. The van der Waals surface area contributed by atoms with Gasteiger partial charge in [-0.25, -0.2) is 18.3 Å². The van der Waals surface area contributed by atoms with Gasteiger partial charge in [-0.05, 0) is 42.5 Å². The van der Waals surface area contributed by atoms with Crippen LogP contribution in [0.1, 0.15) is 28.4 Å². The number of amides is 2. The van der Waals surface area contributed by atoms with Crippen molar-refractivity contribution in [3.05, 3.63) is 77.0 Å². The Morgan fingerprint density at radius 2 is 1.81 bits per heavy atom. The Balaban J connectivity index is 1.64. The number of rotatable bonds is 6. The zero-order chi connectivity index (χ0) is 26.9. The Morgan fingerprint density at radius 3 is 2.49 bits per heavy atom. The van der Waals surface area contributed by atoms with Crippen molar-refractivity contribution in [2.75, 3.05) is 12.4 Å². The van der Waals surface area contributed by atoms with Crippen LogP contribution in [0.5, 0.6) is 5.75 Å². The Bertz CT molecular complexity index is 1520. The molecule has 2 N–H and O–H groups in total. The van der Waals surface area contributed by atoms with Crippen molar-refractivity contribution in [2.45, 2.75) is 19.6 Å². The monoisotopic (exact) mass is 519 g/mol. The summed E-state index contributed by atoms with van der Waals surface area (Å²) in [6.07, 6.45) is -3.25. The smallest absolute Gasteiger partial charge is 0.416 e. The fourth-order valence-electron chi connectivity index (χ4n) is 3.55. The highest BCUT2D eigenvalue weighted by molar-refractivity contribution is 5.98. The van der Waals surface area contributed by atoms with Crippen LogP contribution in [0.2, 0.25) is 0 Å². The van der Waals surface area contributed by atoms with Crippen LogP contribution >= 0.6 is 0 Å². The van der Waals surface area contributed by atoms with Gasteiger partial charge in [0.15, 0.2) is 23.0 Å². The molecule has 0 radical (unpaired) electrons. The van der Waals surface area contributed by atoms with Crippen LogP contribution in [0.25, 0.3) is 16.9 Å². The SMILES string of the molecule is COc1c(F)cc(-c2ccc3nc(NC(C)=O)cn3n2)cc1C(=O)NCc1cc(C(F)(F)F)ccc1F. The molecule has 0 aliphatic heterocycles. The van der Waals surface area contributed by atoms with Gasteiger partial charge in [0.25, 0.3) is 5.91 Å². The summed E-state index contributed by atoms with van der Waals surface area (Å²) in [5.74, 6) is -3.26. The van der Waals surface area contributed by atoms with Crippen LogP contribution in [-0.4, -0.2) is 33.5 Å². The molecular weight excluding hydrogens is 501 g/mol. The van der Waals surface area contributed by atoms with E-state index in [1.54, 1.807) is 6.07 Å². The molecule has 2 heterocycles. The lowest BCUT2D eigenvalue weighted by Crippen LogP contribution is -2.24. The molecule has 0 unspecified atom stereocenters.